The molecule has 1 fully saturated rings. The Morgan fingerprint density at radius 2 is 2.23 bits per heavy atom. The highest BCUT2D eigenvalue weighted by atomic mass is 35.7. The zero-order valence-corrected chi connectivity index (χ0v) is 9.65. The summed E-state index contributed by atoms with van der Waals surface area (Å²) in [6.07, 6.45) is 4.05. The van der Waals surface area contributed by atoms with Gasteiger partial charge in [0.15, 0.2) is 0 Å². The molecule has 0 spiro atoms. The lowest BCUT2D eigenvalue weighted by atomic mass is 9.78. The Morgan fingerprint density at radius 1 is 1.62 bits per heavy atom. The second kappa shape index (κ2) is 3.90. The topological polar surface area (TPSA) is 46.5 Å². The molecule has 0 aliphatic heterocycles. The van der Waals surface area contributed by atoms with E-state index in [1.54, 1.807) is 0 Å². The first-order chi connectivity index (χ1) is 5.83. The van der Waals surface area contributed by atoms with Gasteiger partial charge >= 0.3 is 6.95 Å². The van der Waals surface area contributed by atoms with E-state index in [2.05, 4.69) is 0 Å². The lowest BCUT2D eigenvalue weighted by molar-refractivity contribution is -0.00357. The molecule has 13 heavy (non-hydrogen) atoms. The second-order valence-electron chi connectivity index (χ2n) is 4.00. The number of rotatable bonds is 2. The van der Waals surface area contributed by atoms with E-state index in [0.717, 1.165) is 25.7 Å². The Balaban J connectivity index is 2.67. The van der Waals surface area contributed by atoms with Gasteiger partial charge in [-0.15, -0.1) is 0 Å². The Labute approximate surface area is 83.8 Å². The molecule has 3 unspecified atom stereocenters. The molecule has 0 aromatic carbocycles. The summed E-state index contributed by atoms with van der Waals surface area (Å²) in [6, 6.07) is 0. The summed E-state index contributed by atoms with van der Waals surface area (Å²) in [4.78, 5) is 8.95. The van der Waals surface area contributed by atoms with E-state index in [0.29, 0.717) is 5.92 Å². The van der Waals surface area contributed by atoms with Crippen molar-refractivity contribution in [3.05, 3.63) is 0 Å². The zero-order valence-electron chi connectivity index (χ0n) is 7.99. The van der Waals surface area contributed by atoms with Crippen LogP contribution in [0.5, 0.6) is 0 Å². The summed E-state index contributed by atoms with van der Waals surface area (Å²) in [7, 11) is 0. The SMILES string of the molecule is CC1CCCCC1(C)OP(=O)(O)Cl. The maximum Gasteiger partial charge on any atom is 0.422 e. The molecule has 1 aliphatic rings. The Bertz CT molecular complexity index is 227. The highest BCUT2D eigenvalue weighted by molar-refractivity contribution is 7.80. The molecule has 0 aromatic heterocycles. The first-order valence-corrected chi connectivity index (χ1v) is 7.05. The van der Waals surface area contributed by atoms with Gasteiger partial charge in [0.25, 0.3) is 0 Å². The van der Waals surface area contributed by atoms with Gasteiger partial charge in [-0.05, 0) is 25.7 Å². The molecular formula is C8H16ClO3P. The van der Waals surface area contributed by atoms with Gasteiger partial charge in [-0.25, -0.2) is 4.57 Å². The van der Waals surface area contributed by atoms with Crippen molar-refractivity contribution in [3.8, 4) is 0 Å². The number of hydrogen-bond donors (Lipinski definition) is 1. The van der Waals surface area contributed by atoms with E-state index in [4.69, 9.17) is 20.7 Å². The smallest absolute Gasteiger partial charge is 0.313 e. The Kier molecular flexibility index (Phi) is 3.45. The highest BCUT2D eigenvalue weighted by Crippen LogP contribution is 2.54. The molecule has 0 bridgehead atoms. The average molecular weight is 227 g/mol. The van der Waals surface area contributed by atoms with Crippen LogP contribution in [0.2, 0.25) is 0 Å². The van der Waals surface area contributed by atoms with Crippen LogP contribution in [0, 0.1) is 5.92 Å². The fourth-order valence-electron chi connectivity index (χ4n) is 1.87. The van der Waals surface area contributed by atoms with Crippen molar-refractivity contribution in [1.29, 1.82) is 0 Å². The molecule has 0 aromatic rings. The zero-order chi connectivity index (χ0) is 10.1. The van der Waals surface area contributed by atoms with E-state index >= 15 is 0 Å². The summed E-state index contributed by atoms with van der Waals surface area (Å²) < 4.78 is 16.0. The fourth-order valence-corrected chi connectivity index (χ4v) is 3.13. The number of halogens is 1. The van der Waals surface area contributed by atoms with Gasteiger partial charge in [0.1, 0.15) is 0 Å². The van der Waals surface area contributed by atoms with E-state index < -0.39 is 12.5 Å². The largest absolute Gasteiger partial charge is 0.422 e. The van der Waals surface area contributed by atoms with E-state index in [1.807, 2.05) is 13.8 Å². The van der Waals surface area contributed by atoms with Crippen LogP contribution in [0.1, 0.15) is 39.5 Å². The molecule has 0 amide bonds. The van der Waals surface area contributed by atoms with Gasteiger partial charge in [0, 0.05) is 11.2 Å². The van der Waals surface area contributed by atoms with E-state index in [-0.39, 0.29) is 0 Å². The molecular weight excluding hydrogens is 211 g/mol. The quantitative estimate of drug-likeness (QED) is 0.735. The van der Waals surface area contributed by atoms with Crippen LogP contribution in [0.15, 0.2) is 0 Å². The third-order valence-corrected chi connectivity index (χ3v) is 3.77. The third-order valence-electron chi connectivity index (χ3n) is 2.92. The van der Waals surface area contributed by atoms with E-state index in [9.17, 15) is 4.57 Å². The first-order valence-electron chi connectivity index (χ1n) is 4.57. The molecule has 1 rings (SSSR count). The standard InChI is InChI=1S/C8H16ClO3P/c1-7-5-3-4-6-8(7,2)12-13(9,10)11/h7H,3-6H2,1-2H3,(H,10,11). The summed E-state index contributed by atoms with van der Waals surface area (Å²) >= 11 is 5.21. The van der Waals surface area contributed by atoms with Crippen LogP contribution in [0.4, 0.5) is 0 Å². The van der Waals surface area contributed by atoms with Gasteiger partial charge in [-0.1, -0.05) is 19.8 Å². The molecule has 3 nitrogen and oxygen atoms in total. The van der Waals surface area contributed by atoms with Crippen molar-refractivity contribution in [2.75, 3.05) is 0 Å². The molecule has 0 heterocycles. The minimum atomic E-state index is -3.86. The molecule has 0 saturated heterocycles. The molecule has 3 atom stereocenters. The molecule has 1 N–H and O–H groups in total. The van der Waals surface area contributed by atoms with Crippen LogP contribution < -0.4 is 0 Å². The maximum absolute atomic E-state index is 10.9. The van der Waals surface area contributed by atoms with Crippen LogP contribution >= 0.6 is 18.2 Å². The first kappa shape index (κ1) is 11.5. The van der Waals surface area contributed by atoms with Crippen LogP contribution in [-0.2, 0) is 9.09 Å². The summed E-state index contributed by atoms with van der Waals surface area (Å²) in [6.45, 7) is 0.0319. The van der Waals surface area contributed by atoms with Crippen molar-refractivity contribution >= 4 is 18.2 Å². The summed E-state index contributed by atoms with van der Waals surface area (Å²) in [5.41, 5.74) is -0.524. The normalized spacial score (nSPS) is 39.8. The predicted molar refractivity (Wildman–Crippen MR) is 52.8 cm³/mol. The van der Waals surface area contributed by atoms with Crippen molar-refractivity contribution in [3.63, 3.8) is 0 Å². The molecule has 78 valence electrons. The lowest BCUT2D eigenvalue weighted by Crippen LogP contribution is -2.37. The average Bonchev–Trinajstić information content (AvgIpc) is 1.92. The van der Waals surface area contributed by atoms with Crippen molar-refractivity contribution in [2.24, 2.45) is 5.92 Å². The highest BCUT2D eigenvalue weighted by Gasteiger charge is 2.39. The second-order valence-corrected chi connectivity index (χ2v) is 6.37. The fraction of sp³-hybridized carbons (Fsp3) is 1.00. The lowest BCUT2D eigenvalue weighted by Gasteiger charge is -2.39. The predicted octanol–water partition coefficient (Wildman–Crippen LogP) is 3.31. The maximum atomic E-state index is 10.9. The van der Waals surface area contributed by atoms with E-state index in [1.165, 1.54) is 0 Å². The van der Waals surface area contributed by atoms with Crippen molar-refractivity contribution in [1.82, 2.24) is 0 Å². The summed E-state index contributed by atoms with van der Waals surface area (Å²) in [5.74, 6) is 0.292. The minimum Gasteiger partial charge on any atom is -0.313 e. The third kappa shape index (κ3) is 3.25. The van der Waals surface area contributed by atoms with Crippen LogP contribution in [0.25, 0.3) is 0 Å². The molecule has 1 aliphatic carbocycles. The van der Waals surface area contributed by atoms with Gasteiger partial charge in [0.05, 0.1) is 5.60 Å². The van der Waals surface area contributed by atoms with Crippen LogP contribution in [0.3, 0.4) is 0 Å². The molecule has 0 radical (unpaired) electrons. The summed E-state index contributed by atoms with van der Waals surface area (Å²) in [5, 5.41) is 0. The van der Waals surface area contributed by atoms with Crippen molar-refractivity contribution in [2.45, 2.75) is 45.1 Å². The Morgan fingerprint density at radius 3 is 2.69 bits per heavy atom. The monoisotopic (exact) mass is 226 g/mol. The van der Waals surface area contributed by atoms with Gasteiger partial charge in [-0.3, -0.25) is 4.52 Å². The molecule has 1 saturated carbocycles. The van der Waals surface area contributed by atoms with Gasteiger partial charge < -0.3 is 4.89 Å². The van der Waals surface area contributed by atoms with Gasteiger partial charge in [0.2, 0.25) is 0 Å². The van der Waals surface area contributed by atoms with Crippen molar-refractivity contribution < 1.29 is 14.0 Å². The minimum absolute atomic E-state index is 0.292. The number of hydrogen-bond acceptors (Lipinski definition) is 2. The molecule has 5 heteroatoms. The Hall–Kier alpha value is 0.440. The van der Waals surface area contributed by atoms with Crippen LogP contribution in [-0.4, -0.2) is 10.5 Å². The van der Waals surface area contributed by atoms with Gasteiger partial charge in [-0.2, -0.15) is 0 Å².